The molecule has 0 aliphatic carbocycles. The van der Waals surface area contributed by atoms with Gasteiger partial charge in [-0.15, -0.1) is 0 Å². The fourth-order valence-electron chi connectivity index (χ4n) is 5.97. The number of ether oxygens (including phenoxy) is 6. The van der Waals surface area contributed by atoms with Crippen LogP contribution in [0.1, 0.15) is 104 Å². The summed E-state index contributed by atoms with van der Waals surface area (Å²) in [6.07, 6.45) is 6.07. The van der Waals surface area contributed by atoms with E-state index in [9.17, 15) is 9.59 Å². The van der Waals surface area contributed by atoms with Crippen LogP contribution in [0, 0.1) is 5.92 Å². The lowest BCUT2D eigenvalue weighted by molar-refractivity contribution is -0.156. The second-order valence-electron chi connectivity index (χ2n) is 17.2. The summed E-state index contributed by atoms with van der Waals surface area (Å²) < 4.78 is 43.8. The maximum atomic E-state index is 14.4. The van der Waals surface area contributed by atoms with Crippen molar-refractivity contribution in [2.45, 2.75) is 143 Å². The van der Waals surface area contributed by atoms with Crippen LogP contribution >= 0.6 is 0 Å². The van der Waals surface area contributed by atoms with Crippen molar-refractivity contribution >= 4 is 32.1 Å². The Morgan fingerprint density at radius 1 is 1.00 bits per heavy atom. The Labute approximate surface area is 324 Å². The molecule has 2 aliphatic rings. The van der Waals surface area contributed by atoms with Crippen LogP contribution in [0.4, 0.5) is 10.5 Å². The van der Waals surface area contributed by atoms with E-state index in [4.69, 9.17) is 32.8 Å². The number of rotatable bonds is 8. The molecule has 0 bridgehead atoms. The highest BCUT2D eigenvalue weighted by Gasteiger charge is 2.45. The minimum absolute atomic E-state index is 0.174. The molecule has 0 aromatic heterocycles. The van der Waals surface area contributed by atoms with E-state index in [1.165, 1.54) is 0 Å². The predicted octanol–water partition coefficient (Wildman–Crippen LogP) is 10.1. The third kappa shape index (κ3) is 11.0. The Morgan fingerprint density at radius 2 is 1.67 bits per heavy atom. The molecule has 1 amide bonds. The monoisotopic (exact) mass is 765 g/mol. The zero-order valence-electron chi connectivity index (χ0n) is 34.9. The zero-order chi connectivity index (χ0) is 40.2. The fraction of sp³-hybridized carbons (Fsp3) is 0.581. The summed E-state index contributed by atoms with van der Waals surface area (Å²) in [5.74, 6) is -0.389. The highest BCUT2D eigenvalue weighted by Crippen LogP contribution is 2.41. The number of hydrogen-bond donors (Lipinski definition) is 0. The largest absolute Gasteiger partial charge is 0.543 e. The Hall–Kier alpha value is -3.64. The van der Waals surface area contributed by atoms with Gasteiger partial charge in [-0.05, 0) is 102 Å². The molecule has 0 radical (unpaired) electrons. The lowest BCUT2D eigenvalue weighted by atomic mass is 9.98. The SMILES string of the molecule is CCN(C(=O)OC(C)(C)C)c1cc2c(c(O[Si](C)(C)C(C)(C)C)c1)C(=O)O[C@@H](C)[C@H](C)/C=C\C(OCc1ccc(OC)cc1)[C@H]1OC(C)(C)O[C@H]1CC=C2. The van der Waals surface area contributed by atoms with E-state index >= 15 is 0 Å². The molecular formula is C43H63NO9Si. The van der Waals surface area contributed by atoms with Gasteiger partial charge in [-0.1, -0.05) is 64.1 Å². The summed E-state index contributed by atoms with van der Waals surface area (Å²) in [5.41, 5.74) is 1.70. The molecule has 2 aliphatic heterocycles. The van der Waals surface area contributed by atoms with Gasteiger partial charge >= 0.3 is 12.1 Å². The molecule has 1 unspecified atom stereocenters. The molecule has 5 atom stereocenters. The minimum Gasteiger partial charge on any atom is -0.543 e. The molecule has 2 aromatic rings. The number of fused-ring (bicyclic) bond motifs is 2. The van der Waals surface area contributed by atoms with Crippen LogP contribution in [0.5, 0.6) is 11.5 Å². The zero-order valence-corrected chi connectivity index (χ0v) is 35.9. The summed E-state index contributed by atoms with van der Waals surface area (Å²) in [6.45, 7) is 26.5. The normalized spacial score (nSPS) is 24.0. The van der Waals surface area contributed by atoms with Gasteiger partial charge < -0.3 is 32.8 Å². The van der Waals surface area contributed by atoms with Crippen molar-refractivity contribution in [1.29, 1.82) is 0 Å². The lowest BCUT2D eigenvalue weighted by Gasteiger charge is -2.37. The molecule has 2 aromatic carbocycles. The van der Waals surface area contributed by atoms with E-state index in [0.29, 0.717) is 42.1 Å². The number of benzene rings is 2. The molecule has 0 N–H and O–H groups in total. The fourth-order valence-corrected chi connectivity index (χ4v) is 6.99. The first-order valence-electron chi connectivity index (χ1n) is 19.1. The quantitative estimate of drug-likeness (QED) is 0.148. The van der Waals surface area contributed by atoms with E-state index in [0.717, 1.165) is 11.3 Å². The number of cyclic esters (lactones) is 1. The molecule has 1 saturated heterocycles. The summed E-state index contributed by atoms with van der Waals surface area (Å²) in [4.78, 5) is 29.5. The first-order chi connectivity index (χ1) is 25.0. The van der Waals surface area contributed by atoms with Gasteiger partial charge in [0.15, 0.2) is 5.79 Å². The van der Waals surface area contributed by atoms with Crippen LogP contribution in [0.25, 0.3) is 6.08 Å². The van der Waals surface area contributed by atoms with Crippen molar-refractivity contribution in [3.8, 4) is 11.5 Å². The topological polar surface area (TPSA) is 102 Å². The van der Waals surface area contributed by atoms with Gasteiger partial charge in [0, 0.05) is 18.5 Å². The van der Waals surface area contributed by atoms with E-state index < -0.39 is 50.1 Å². The van der Waals surface area contributed by atoms with E-state index in [1.54, 1.807) is 18.1 Å². The van der Waals surface area contributed by atoms with E-state index in [1.807, 2.05) is 110 Å². The van der Waals surface area contributed by atoms with Crippen LogP contribution in [-0.4, -0.2) is 69.8 Å². The van der Waals surface area contributed by atoms with E-state index in [-0.39, 0.29) is 17.1 Å². The molecule has 11 heteroatoms. The number of esters is 1. The minimum atomic E-state index is -2.50. The second kappa shape index (κ2) is 17.0. The molecule has 298 valence electrons. The van der Waals surface area contributed by atoms with Gasteiger partial charge in [0.2, 0.25) is 0 Å². The summed E-state index contributed by atoms with van der Waals surface area (Å²) in [7, 11) is -0.855. The van der Waals surface area contributed by atoms with Crippen LogP contribution in [0.3, 0.4) is 0 Å². The third-order valence-electron chi connectivity index (χ3n) is 10.2. The maximum absolute atomic E-state index is 14.4. The Kier molecular flexibility index (Phi) is 13.6. The van der Waals surface area contributed by atoms with Gasteiger partial charge in [0.1, 0.15) is 41.0 Å². The van der Waals surface area contributed by atoms with Crippen LogP contribution in [0.2, 0.25) is 18.1 Å². The molecule has 0 saturated carbocycles. The highest BCUT2D eigenvalue weighted by atomic mass is 28.4. The number of nitrogens with zero attached hydrogens (tertiary/aromatic N) is 1. The second-order valence-corrected chi connectivity index (χ2v) is 22.0. The van der Waals surface area contributed by atoms with Gasteiger partial charge in [-0.3, -0.25) is 4.90 Å². The number of hydrogen-bond acceptors (Lipinski definition) is 9. The highest BCUT2D eigenvalue weighted by molar-refractivity contribution is 6.74. The molecule has 1 fully saturated rings. The smallest absolute Gasteiger partial charge is 0.414 e. The number of anilines is 1. The van der Waals surface area contributed by atoms with Crippen molar-refractivity contribution < 1.29 is 42.4 Å². The van der Waals surface area contributed by atoms with Crippen molar-refractivity contribution in [3.05, 3.63) is 71.3 Å². The average Bonchev–Trinajstić information content (AvgIpc) is 3.36. The van der Waals surface area contributed by atoms with Crippen molar-refractivity contribution in [1.82, 2.24) is 0 Å². The molecule has 0 spiro atoms. The summed E-state index contributed by atoms with van der Waals surface area (Å²) in [6, 6.07) is 11.4. The number of amides is 1. The molecule has 54 heavy (non-hydrogen) atoms. The van der Waals surface area contributed by atoms with Crippen LogP contribution in [-0.2, 0) is 30.3 Å². The Morgan fingerprint density at radius 3 is 2.26 bits per heavy atom. The van der Waals surface area contributed by atoms with Gasteiger partial charge in [0.25, 0.3) is 8.32 Å². The van der Waals surface area contributed by atoms with Gasteiger partial charge in [0.05, 0.1) is 25.5 Å². The number of carbonyl (C=O) groups excluding carboxylic acids is 2. The van der Waals surface area contributed by atoms with Crippen LogP contribution < -0.4 is 14.1 Å². The lowest BCUT2D eigenvalue weighted by Crippen LogP contribution is -2.44. The number of methoxy groups -OCH3 is 1. The predicted molar refractivity (Wildman–Crippen MR) is 216 cm³/mol. The average molecular weight is 766 g/mol. The van der Waals surface area contributed by atoms with Crippen molar-refractivity contribution in [2.75, 3.05) is 18.6 Å². The first-order valence-corrected chi connectivity index (χ1v) is 22.0. The third-order valence-corrected chi connectivity index (χ3v) is 14.5. The molecule has 2 heterocycles. The van der Waals surface area contributed by atoms with Crippen molar-refractivity contribution in [2.24, 2.45) is 5.92 Å². The maximum Gasteiger partial charge on any atom is 0.414 e. The van der Waals surface area contributed by atoms with Crippen molar-refractivity contribution in [3.63, 3.8) is 0 Å². The van der Waals surface area contributed by atoms with Gasteiger partial charge in [-0.2, -0.15) is 0 Å². The Bertz CT molecular complexity index is 1670. The molecule has 4 rings (SSSR count). The molecular weight excluding hydrogens is 703 g/mol. The summed E-state index contributed by atoms with van der Waals surface area (Å²) in [5, 5.41) is -0.174. The van der Waals surface area contributed by atoms with Gasteiger partial charge in [-0.25, -0.2) is 9.59 Å². The van der Waals surface area contributed by atoms with E-state index in [2.05, 4.69) is 33.9 Å². The Balaban J connectivity index is 1.83. The molecule has 10 nitrogen and oxygen atoms in total. The first kappa shape index (κ1) is 43.1. The van der Waals surface area contributed by atoms with Crippen LogP contribution in [0.15, 0.2) is 54.6 Å². The summed E-state index contributed by atoms with van der Waals surface area (Å²) >= 11 is 0. The standard InChI is InChI=1S/C43H63NO9Si/c1-15-44(40(46)52-41(4,5)6)32-25-31-17-16-18-35-38(51-43(10,11)50-35)34(48-27-30-20-22-33(47-12)23-21-30)24-19-28(2)29(3)49-39(45)37(31)36(26-32)53-54(13,14)42(7,8)9/h16-17,19-26,28-29,34-35,38H,15,18,27H2,1-14H3/b17-16?,24-19-/t28-,29+,34?,35+,38-/m1/s1. The number of carbonyl (C=O) groups is 2.